The van der Waals surface area contributed by atoms with Crippen LogP contribution < -0.4 is 0 Å². The second kappa shape index (κ2) is 3.17. The SMILES string of the molecule is Cc1cc(O)cc2nc3ccccc3nc12. The predicted octanol–water partition coefficient (Wildman–Crippen LogP) is 2.80. The lowest BCUT2D eigenvalue weighted by atomic mass is 10.1. The van der Waals surface area contributed by atoms with Gasteiger partial charge < -0.3 is 5.11 Å². The minimum Gasteiger partial charge on any atom is -0.508 e. The second-order valence-electron chi connectivity index (χ2n) is 3.84. The minimum atomic E-state index is 0.231. The summed E-state index contributed by atoms with van der Waals surface area (Å²) in [6, 6.07) is 11.1. The van der Waals surface area contributed by atoms with Crippen LogP contribution in [0.3, 0.4) is 0 Å². The van der Waals surface area contributed by atoms with Gasteiger partial charge in [-0.3, -0.25) is 0 Å². The van der Waals surface area contributed by atoms with Crippen LogP contribution in [0.15, 0.2) is 36.4 Å². The molecule has 16 heavy (non-hydrogen) atoms. The van der Waals surface area contributed by atoms with Crippen molar-refractivity contribution >= 4 is 22.1 Å². The lowest BCUT2D eigenvalue weighted by Crippen LogP contribution is -1.89. The molecule has 0 aliphatic heterocycles. The van der Waals surface area contributed by atoms with Gasteiger partial charge in [-0.15, -0.1) is 0 Å². The molecule has 0 fully saturated rings. The zero-order valence-corrected chi connectivity index (χ0v) is 8.81. The van der Waals surface area contributed by atoms with Gasteiger partial charge in [-0.1, -0.05) is 12.1 Å². The largest absolute Gasteiger partial charge is 0.508 e. The fraction of sp³-hybridized carbons (Fsp3) is 0.0769. The van der Waals surface area contributed by atoms with Crippen molar-refractivity contribution in [2.75, 3.05) is 0 Å². The Morgan fingerprint density at radius 1 is 0.938 bits per heavy atom. The van der Waals surface area contributed by atoms with E-state index in [1.54, 1.807) is 12.1 Å². The smallest absolute Gasteiger partial charge is 0.118 e. The van der Waals surface area contributed by atoms with Gasteiger partial charge in [0.25, 0.3) is 0 Å². The zero-order valence-electron chi connectivity index (χ0n) is 8.81. The number of hydrogen-bond acceptors (Lipinski definition) is 3. The number of phenolic OH excluding ortho intramolecular Hbond substituents is 1. The van der Waals surface area contributed by atoms with E-state index < -0.39 is 0 Å². The lowest BCUT2D eigenvalue weighted by molar-refractivity contribution is 0.475. The van der Waals surface area contributed by atoms with E-state index in [-0.39, 0.29) is 5.75 Å². The highest BCUT2D eigenvalue weighted by Gasteiger charge is 2.04. The number of hydrogen-bond donors (Lipinski definition) is 1. The highest BCUT2D eigenvalue weighted by atomic mass is 16.3. The fourth-order valence-corrected chi connectivity index (χ4v) is 1.88. The first-order valence-corrected chi connectivity index (χ1v) is 5.10. The molecular weight excluding hydrogens is 200 g/mol. The zero-order chi connectivity index (χ0) is 11.1. The van der Waals surface area contributed by atoms with Gasteiger partial charge >= 0.3 is 0 Å². The molecule has 0 spiro atoms. The molecule has 0 saturated carbocycles. The Labute approximate surface area is 92.4 Å². The maximum atomic E-state index is 9.52. The van der Waals surface area contributed by atoms with Crippen molar-refractivity contribution in [1.29, 1.82) is 0 Å². The van der Waals surface area contributed by atoms with Gasteiger partial charge in [-0.05, 0) is 30.7 Å². The molecule has 3 nitrogen and oxygen atoms in total. The molecule has 3 heteroatoms. The van der Waals surface area contributed by atoms with Crippen molar-refractivity contribution in [3.05, 3.63) is 42.0 Å². The first-order chi connectivity index (χ1) is 7.74. The predicted molar refractivity (Wildman–Crippen MR) is 63.4 cm³/mol. The molecule has 0 aliphatic rings. The van der Waals surface area contributed by atoms with E-state index in [0.717, 1.165) is 27.6 Å². The number of aryl methyl sites for hydroxylation is 1. The Kier molecular flexibility index (Phi) is 1.80. The van der Waals surface area contributed by atoms with E-state index in [1.807, 2.05) is 31.2 Å². The first-order valence-electron chi connectivity index (χ1n) is 5.10. The fourth-order valence-electron chi connectivity index (χ4n) is 1.88. The Morgan fingerprint density at radius 3 is 2.38 bits per heavy atom. The van der Waals surface area contributed by atoms with Gasteiger partial charge in [0.1, 0.15) is 5.75 Å². The molecule has 3 aromatic rings. The van der Waals surface area contributed by atoms with Gasteiger partial charge in [0.05, 0.1) is 22.1 Å². The number of rotatable bonds is 0. The van der Waals surface area contributed by atoms with Crippen LogP contribution in [0, 0.1) is 6.92 Å². The number of nitrogens with zero attached hydrogens (tertiary/aromatic N) is 2. The molecule has 0 amide bonds. The van der Waals surface area contributed by atoms with Crippen LogP contribution in [0.4, 0.5) is 0 Å². The summed E-state index contributed by atoms with van der Waals surface area (Å²) >= 11 is 0. The molecule has 1 aromatic heterocycles. The summed E-state index contributed by atoms with van der Waals surface area (Å²) in [7, 11) is 0. The molecular formula is C13H10N2O. The third kappa shape index (κ3) is 1.29. The van der Waals surface area contributed by atoms with Gasteiger partial charge in [-0.25, -0.2) is 9.97 Å². The quantitative estimate of drug-likeness (QED) is 0.580. The van der Waals surface area contributed by atoms with Crippen LogP contribution >= 0.6 is 0 Å². The third-order valence-corrected chi connectivity index (χ3v) is 2.62. The van der Waals surface area contributed by atoms with E-state index in [1.165, 1.54) is 0 Å². The van der Waals surface area contributed by atoms with Crippen molar-refractivity contribution < 1.29 is 5.11 Å². The molecule has 0 aliphatic carbocycles. The Hall–Kier alpha value is -2.16. The van der Waals surface area contributed by atoms with E-state index in [0.29, 0.717) is 0 Å². The summed E-state index contributed by atoms with van der Waals surface area (Å²) in [6.07, 6.45) is 0. The van der Waals surface area contributed by atoms with Gasteiger partial charge in [0, 0.05) is 6.07 Å². The van der Waals surface area contributed by atoms with Crippen molar-refractivity contribution in [3.63, 3.8) is 0 Å². The summed E-state index contributed by atoms with van der Waals surface area (Å²) in [4.78, 5) is 9.02. The highest BCUT2D eigenvalue weighted by molar-refractivity contribution is 5.88. The highest BCUT2D eigenvalue weighted by Crippen LogP contribution is 2.23. The third-order valence-electron chi connectivity index (χ3n) is 2.62. The van der Waals surface area contributed by atoms with Crippen molar-refractivity contribution in [3.8, 4) is 5.75 Å². The summed E-state index contributed by atoms with van der Waals surface area (Å²) in [5, 5.41) is 9.52. The number of para-hydroxylation sites is 2. The molecule has 0 saturated heterocycles. The molecule has 1 N–H and O–H groups in total. The molecule has 0 unspecified atom stereocenters. The number of phenols is 1. The van der Waals surface area contributed by atoms with E-state index in [9.17, 15) is 5.11 Å². The standard InChI is InChI=1S/C13H10N2O/c1-8-6-9(16)7-12-13(8)15-11-5-3-2-4-10(11)14-12/h2-7,16H,1H3. The average molecular weight is 210 g/mol. The number of benzene rings is 2. The normalized spacial score (nSPS) is 11.1. The summed E-state index contributed by atoms with van der Waals surface area (Å²) < 4.78 is 0. The summed E-state index contributed by atoms with van der Waals surface area (Å²) in [6.45, 7) is 1.92. The Morgan fingerprint density at radius 2 is 1.62 bits per heavy atom. The molecule has 3 rings (SSSR count). The monoisotopic (exact) mass is 210 g/mol. The average Bonchev–Trinajstić information content (AvgIpc) is 2.27. The van der Waals surface area contributed by atoms with Gasteiger partial charge in [0.15, 0.2) is 0 Å². The number of aromatic nitrogens is 2. The Bertz CT molecular complexity index is 692. The molecule has 1 heterocycles. The lowest BCUT2D eigenvalue weighted by Gasteiger charge is -2.04. The number of aromatic hydroxyl groups is 1. The topological polar surface area (TPSA) is 46.0 Å². The van der Waals surface area contributed by atoms with E-state index in [2.05, 4.69) is 9.97 Å². The minimum absolute atomic E-state index is 0.231. The van der Waals surface area contributed by atoms with Crippen LogP contribution in [0.25, 0.3) is 22.1 Å². The second-order valence-corrected chi connectivity index (χ2v) is 3.84. The molecule has 78 valence electrons. The number of fused-ring (bicyclic) bond motifs is 2. The summed E-state index contributed by atoms with van der Waals surface area (Å²) in [5.74, 6) is 0.231. The van der Waals surface area contributed by atoms with Crippen molar-refractivity contribution in [1.82, 2.24) is 9.97 Å². The first kappa shape index (κ1) is 9.09. The van der Waals surface area contributed by atoms with Gasteiger partial charge in [-0.2, -0.15) is 0 Å². The van der Waals surface area contributed by atoms with Crippen LogP contribution in [0.2, 0.25) is 0 Å². The van der Waals surface area contributed by atoms with Crippen LogP contribution in [0.5, 0.6) is 5.75 Å². The van der Waals surface area contributed by atoms with E-state index >= 15 is 0 Å². The molecule has 0 atom stereocenters. The summed E-state index contributed by atoms with van der Waals surface area (Å²) in [5.41, 5.74) is 4.24. The maximum Gasteiger partial charge on any atom is 0.118 e. The Balaban J connectivity index is 2.51. The van der Waals surface area contributed by atoms with Crippen LogP contribution in [-0.2, 0) is 0 Å². The van der Waals surface area contributed by atoms with Crippen LogP contribution in [0.1, 0.15) is 5.56 Å². The van der Waals surface area contributed by atoms with Crippen molar-refractivity contribution in [2.45, 2.75) is 6.92 Å². The van der Waals surface area contributed by atoms with Crippen molar-refractivity contribution in [2.24, 2.45) is 0 Å². The van der Waals surface area contributed by atoms with E-state index in [4.69, 9.17) is 0 Å². The molecule has 0 radical (unpaired) electrons. The molecule has 2 aromatic carbocycles. The maximum absolute atomic E-state index is 9.52. The molecule has 0 bridgehead atoms. The van der Waals surface area contributed by atoms with Gasteiger partial charge in [0.2, 0.25) is 0 Å². The van der Waals surface area contributed by atoms with Crippen LogP contribution in [-0.4, -0.2) is 15.1 Å².